The van der Waals surface area contributed by atoms with Gasteiger partial charge in [0.05, 0.1) is 0 Å². The lowest BCUT2D eigenvalue weighted by atomic mass is 9.89. The van der Waals surface area contributed by atoms with Crippen LogP contribution in [0.25, 0.3) is 0 Å². The lowest BCUT2D eigenvalue weighted by molar-refractivity contribution is -0.0259. The topological polar surface area (TPSA) is 0 Å². The maximum Gasteiger partial charge on any atom is 0.248 e. The van der Waals surface area contributed by atoms with Crippen LogP contribution >= 0.6 is 0 Å². The molecule has 0 spiro atoms. The molecule has 12 heavy (non-hydrogen) atoms. The van der Waals surface area contributed by atoms with Crippen molar-refractivity contribution in [3.8, 4) is 0 Å². The molecule has 0 aromatic heterocycles. The zero-order valence-corrected chi connectivity index (χ0v) is 8.11. The van der Waals surface area contributed by atoms with Crippen molar-refractivity contribution in [3.05, 3.63) is 12.7 Å². The smallest absolute Gasteiger partial charge is 0.207 e. The van der Waals surface area contributed by atoms with Crippen LogP contribution in [0.2, 0.25) is 0 Å². The van der Waals surface area contributed by atoms with Crippen molar-refractivity contribution in [1.29, 1.82) is 0 Å². The molecule has 0 rings (SSSR count). The van der Waals surface area contributed by atoms with Crippen molar-refractivity contribution in [2.24, 2.45) is 11.8 Å². The van der Waals surface area contributed by atoms with E-state index in [9.17, 15) is 8.78 Å². The molecule has 1 atom stereocenters. The lowest BCUT2D eigenvalue weighted by Gasteiger charge is -2.22. The minimum absolute atomic E-state index is 0.0648. The summed E-state index contributed by atoms with van der Waals surface area (Å²) in [5.74, 6) is -2.34. The van der Waals surface area contributed by atoms with E-state index >= 15 is 0 Å². The molecular weight excluding hydrogens is 158 g/mol. The zero-order chi connectivity index (χ0) is 9.78. The number of alkyl halides is 2. The highest BCUT2D eigenvalue weighted by Gasteiger charge is 2.30. The molecule has 0 aromatic rings. The largest absolute Gasteiger partial charge is 0.248 e. The first kappa shape index (κ1) is 11.6. The van der Waals surface area contributed by atoms with E-state index in [4.69, 9.17) is 0 Å². The fourth-order valence-corrected chi connectivity index (χ4v) is 1.08. The molecule has 0 bridgehead atoms. The van der Waals surface area contributed by atoms with E-state index in [-0.39, 0.29) is 24.7 Å². The highest BCUT2D eigenvalue weighted by atomic mass is 19.3. The molecule has 0 aliphatic rings. The molecule has 2 heteroatoms. The van der Waals surface area contributed by atoms with Crippen LogP contribution in [-0.4, -0.2) is 5.92 Å². The first-order chi connectivity index (χ1) is 5.43. The summed E-state index contributed by atoms with van der Waals surface area (Å²) in [4.78, 5) is 0. The van der Waals surface area contributed by atoms with Crippen LogP contribution in [0, 0.1) is 11.8 Å². The Morgan fingerprint density at radius 3 is 2.17 bits per heavy atom. The Morgan fingerprint density at radius 2 is 1.92 bits per heavy atom. The highest BCUT2D eigenvalue weighted by Crippen LogP contribution is 2.30. The van der Waals surface area contributed by atoms with Gasteiger partial charge in [-0.25, -0.2) is 8.78 Å². The summed E-state index contributed by atoms with van der Waals surface area (Å²) in [5.41, 5.74) is 0. The quantitative estimate of drug-likeness (QED) is 0.558. The van der Waals surface area contributed by atoms with E-state index in [2.05, 4.69) is 6.58 Å². The van der Waals surface area contributed by atoms with Gasteiger partial charge in [0.2, 0.25) is 5.92 Å². The summed E-state index contributed by atoms with van der Waals surface area (Å²) in [6.45, 7) is 8.97. The Labute approximate surface area is 73.7 Å². The van der Waals surface area contributed by atoms with Crippen molar-refractivity contribution in [2.75, 3.05) is 0 Å². The number of halogens is 2. The van der Waals surface area contributed by atoms with Crippen molar-refractivity contribution in [1.82, 2.24) is 0 Å². The predicted octanol–water partition coefficient (Wildman–Crippen LogP) is 3.88. The van der Waals surface area contributed by atoms with E-state index in [0.717, 1.165) is 0 Å². The Bertz CT molecular complexity index is 139. The van der Waals surface area contributed by atoms with Gasteiger partial charge in [-0.3, -0.25) is 0 Å². The van der Waals surface area contributed by atoms with Crippen molar-refractivity contribution in [2.45, 2.75) is 39.5 Å². The summed E-state index contributed by atoms with van der Waals surface area (Å²) >= 11 is 0. The maximum atomic E-state index is 12.9. The van der Waals surface area contributed by atoms with E-state index in [0.29, 0.717) is 0 Å². The molecule has 72 valence electrons. The molecular formula is C10H18F2. The average Bonchev–Trinajstić information content (AvgIpc) is 2.00. The third-order valence-corrected chi connectivity index (χ3v) is 2.21. The van der Waals surface area contributed by atoms with E-state index in [1.54, 1.807) is 6.08 Å². The number of allylic oxidation sites excluding steroid dienone is 1. The Balaban J connectivity index is 4.10. The molecule has 0 saturated heterocycles. The molecule has 1 unspecified atom stereocenters. The molecule has 0 saturated carbocycles. The summed E-state index contributed by atoms with van der Waals surface area (Å²) in [5, 5.41) is 0. The van der Waals surface area contributed by atoms with Gasteiger partial charge in [0, 0.05) is 12.8 Å². The van der Waals surface area contributed by atoms with E-state index < -0.39 is 5.92 Å². The van der Waals surface area contributed by atoms with Crippen LogP contribution in [0.15, 0.2) is 12.7 Å². The van der Waals surface area contributed by atoms with Gasteiger partial charge < -0.3 is 0 Å². The Kier molecular flexibility index (Phi) is 4.43. The van der Waals surface area contributed by atoms with Gasteiger partial charge in [-0.05, 0) is 11.8 Å². The zero-order valence-electron chi connectivity index (χ0n) is 8.11. The van der Waals surface area contributed by atoms with Crippen LogP contribution in [0.4, 0.5) is 8.78 Å². The number of rotatable bonds is 5. The second kappa shape index (κ2) is 4.58. The van der Waals surface area contributed by atoms with Crippen molar-refractivity contribution < 1.29 is 8.78 Å². The molecule has 0 fully saturated rings. The van der Waals surface area contributed by atoms with Gasteiger partial charge in [-0.2, -0.15) is 0 Å². The predicted molar refractivity (Wildman–Crippen MR) is 48.4 cm³/mol. The van der Waals surface area contributed by atoms with Gasteiger partial charge >= 0.3 is 0 Å². The van der Waals surface area contributed by atoms with Crippen molar-refractivity contribution in [3.63, 3.8) is 0 Å². The molecule has 0 aromatic carbocycles. The molecule has 0 radical (unpaired) electrons. The number of hydrogen-bond donors (Lipinski definition) is 0. The SMILES string of the molecule is C=CC(CC(F)(F)CC)C(C)C. The average molecular weight is 176 g/mol. The Morgan fingerprint density at radius 1 is 1.42 bits per heavy atom. The van der Waals surface area contributed by atoms with Gasteiger partial charge in [0.1, 0.15) is 0 Å². The Hall–Kier alpha value is -0.400. The molecule has 0 heterocycles. The van der Waals surface area contributed by atoms with E-state index in [1.807, 2.05) is 13.8 Å². The summed E-state index contributed by atoms with van der Waals surface area (Å²) in [7, 11) is 0. The van der Waals surface area contributed by atoms with Crippen molar-refractivity contribution >= 4 is 0 Å². The minimum Gasteiger partial charge on any atom is -0.207 e. The van der Waals surface area contributed by atoms with Gasteiger partial charge in [0.15, 0.2) is 0 Å². The second-order valence-electron chi connectivity index (χ2n) is 3.56. The van der Waals surface area contributed by atoms with Gasteiger partial charge in [-0.15, -0.1) is 6.58 Å². The first-order valence-corrected chi connectivity index (χ1v) is 4.43. The molecule has 0 nitrogen and oxygen atoms in total. The second-order valence-corrected chi connectivity index (χ2v) is 3.56. The number of hydrogen-bond acceptors (Lipinski definition) is 0. The fourth-order valence-electron chi connectivity index (χ4n) is 1.08. The van der Waals surface area contributed by atoms with Gasteiger partial charge in [0.25, 0.3) is 0 Å². The summed E-state index contributed by atoms with van der Waals surface area (Å²) < 4.78 is 25.8. The molecule has 0 aliphatic carbocycles. The summed E-state index contributed by atoms with van der Waals surface area (Å²) in [6.07, 6.45) is 1.49. The molecule has 0 N–H and O–H groups in total. The summed E-state index contributed by atoms with van der Waals surface area (Å²) in [6, 6.07) is 0. The highest BCUT2D eigenvalue weighted by molar-refractivity contribution is 4.85. The fraction of sp³-hybridized carbons (Fsp3) is 0.800. The maximum absolute atomic E-state index is 12.9. The van der Waals surface area contributed by atoms with Gasteiger partial charge in [-0.1, -0.05) is 26.8 Å². The van der Waals surface area contributed by atoms with Crippen LogP contribution in [0.3, 0.4) is 0 Å². The molecule has 0 amide bonds. The third-order valence-electron chi connectivity index (χ3n) is 2.21. The molecule has 0 aliphatic heterocycles. The van der Waals surface area contributed by atoms with E-state index in [1.165, 1.54) is 6.92 Å². The standard InChI is InChI=1S/C10H18F2/c1-5-9(8(3)4)7-10(11,12)6-2/h5,8-9H,1,6-7H2,2-4H3. The van der Waals surface area contributed by atoms with Crippen LogP contribution in [0.5, 0.6) is 0 Å². The minimum atomic E-state index is -2.52. The third kappa shape index (κ3) is 3.84. The van der Waals surface area contributed by atoms with Crippen LogP contribution < -0.4 is 0 Å². The van der Waals surface area contributed by atoms with Crippen LogP contribution in [-0.2, 0) is 0 Å². The monoisotopic (exact) mass is 176 g/mol. The first-order valence-electron chi connectivity index (χ1n) is 4.43. The lowest BCUT2D eigenvalue weighted by Crippen LogP contribution is -2.21. The van der Waals surface area contributed by atoms with Crippen LogP contribution in [0.1, 0.15) is 33.6 Å². The normalized spacial score (nSPS) is 14.8.